The number of benzene rings is 2. The predicted molar refractivity (Wildman–Crippen MR) is 79.2 cm³/mol. The molecule has 2 aromatic rings. The molecule has 2 aromatic carbocycles. The molecule has 1 N–H and O–H groups in total. The van der Waals surface area contributed by atoms with Crippen molar-refractivity contribution in [3.63, 3.8) is 0 Å². The van der Waals surface area contributed by atoms with Gasteiger partial charge in [0, 0.05) is 24.1 Å². The highest BCUT2D eigenvalue weighted by Crippen LogP contribution is 2.36. The Morgan fingerprint density at radius 2 is 1.70 bits per heavy atom. The van der Waals surface area contributed by atoms with Crippen LogP contribution in [0.15, 0.2) is 36.4 Å². The van der Waals surface area contributed by atoms with Crippen LogP contribution in [0, 0.1) is 0 Å². The second-order valence-corrected chi connectivity index (χ2v) is 5.01. The van der Waals surface area contributed by atoms with Gasteiger partial charge in [0.1, 0.15) is 12.0 Å². The molecule has 0 saturated carbocycles. The minimum atomic E-state index is -0.00296. The Kier molecular flexibility index (Phi) is 4.88. The fraction of sp³-hybridized carbons (Fsp3) is 0.133. The monoisotopic (exact) mass is 310 g/mol. The van der Waals surface area contributed by atoms with Gasteiger partial charge in [-0.3, -0.25) is 4.79 Å². The van der Waals surface area contributed by atoms with E-state index in [1.807, 2.05) is 12.1 Å². The van der Waals surface area contributed by atoms with Gasteiger partial charge in [0.15, 0.2) is 5.75 Å². The Labute approximate surface area is 126 Å². The summed E-state index contributed by atoms with van der Waals surface area (Å²) in [5.74, 6) is 0.354. The Morgan fingerprint density at radius 1 is 1.10 bits per heavy atom. The molecule has 0 radical (unpaired) electrons. The quantitative estimate of drug-likeness (QED) is 0.844. The van der Waals surface area contributed by atoms with Gasteiger partial charge in [-0.2, -0.15) is 0 Å². The molecule has 0 aliphatic rings. The standard InChI is InChI=1S/C15H12Cl2O3/c16-13-7-12(19)8-14(17)15(13)20-6-5-10-1-3-11(9-18)4-2-10/h1-4,7-9,19H,5-6H2. The molecule has 20 heavy (non-hydrogen) atoms. The van der Waals surface area contributed by atoms with Crippen molar-refractivity contribution in [2.45, 2.75) is 6.42 Å². The molecule has 0 bridgehead atoms. The normalized spacial score (nSPS) is 10.3. The molecular formula is C15H12Cl2O3. The molecule has 0 unspecified atom stereocenters. The number of aldehydes is 1. The van der Waals surface area contributed by atoms with Crippen LogP contribution in [-0.4, -0.2) is 18.0 Å². The number of aromatic hydroxyl groups is 1. The summed E-state index contributed by atoms with van der Waals surface area (Å²) < 4.78 is 5.54. The van der Waals surface area contributed by atoms with Crippen LogP contribution in [0.5, 0.6) is 11.5 Å². The average molecular weight is 311 g/mol. The van der Waals surface area contributed by atoms with E-state index in [1.54, 1.807) is 12.1 Å². The van der Waals surface area contributed by atoms with Gasteiger partial charge >= 0.3 is 0 Å². The summed E-state index contributed by atoms with van der Waals surface area (Å²) in [6.07, 6.45) is 1.46. The number of phenols is 1. The minimum absolute atomic E-state index is 0.00296. The number of rotatable bonds is 5. The third-order valence-corrected chi connectivity index (χ3v) is 3.30. The Morgan fingerprint density at radius 3 is 2.25 bits per heavy atom. The molecule has 0 aromatic heterocycles. The van der Waals surface area contributed by atoms with Gasteiger partial charge in [0.25, 0.3) is 0 Å². The van der Waals surface area contributed by atoms with Gasteiger partial charge in [-0.15, -0.1) is 0 Å². The first-order valence-corrected chi connectivity index (χ1v) is 6.70. The van der Waals surface area contributed by atoms with Gasteiger partial charge in [-0.25, -0.2) is 0 Å². The van der Waals surface area contributed by atoms with E-state index in [1.165, 1.54) is 12.1 Å². The van der Waals surface area contributed by atoms with Crippen LogP contribution in [-0.2, 0) is 6.42 Å². The minimum Gasteiger partial charge on any atom is -0.508 e. The molecule has 3 nitrogen and oxygen atoms in total. The Balaban J connectivity index is 1.97. The van der Waals surface area contributed by atoms with Crippen molar-refractivity contribution in [1.29, 1.82) is 0 Å². The second kappa shape index (κ2) is 6.64. The molecule has 0 spiro atoms. The molecule has 104 valence electrons. The number of ether oxygens (including phenoxy) is 1. The van der Waals surface area contributed by atoms with Gasteiger partial charge in [-0.05, 0) is 5.56 Å². The third-order valence-electron chi connectivity index (χ3n) is 2.74. The highest BCUT2D eigenvalue weighted by Gasteiger charge is 2.09. The molecular weight excluding hydrogens is 299 g/mol. The molecule has 0 aliphatic heterocycles. The molecule has 0 heterocycles. The maximum atomic E-state index is 10.5. The van der Waals surface area contributed by atoms with E-state index in [4.69, 9.17) is 27.9 Å². The van der Waals surface area contributed by atoms with Gasteiger partial charge in [0.05, 0.1) is 16.7 Å². The SMILES string of the molecule is O=Cc1ccc(CCOc2c(Cl)cc(O)cc2Cl)cc1. The van der Waals surface area contributed by atoms with Crippen LogP contribution in [0.2, 0.25) is 10.0 Å². The number of carbonyl (C=O) groups is 1. The maximum Gasteiger partial charge on any atom is 0.156 e. The molecule has 0 saturated heterocycles. The highest BCUT2D eigenvalue weighted by atomic mass is 35.5. The lowest BCUT2D eigenvalue weighted by Gasteiger charge is -2.10. The predicted octanol–water partition coefficient (Wildman–Crippen LogP) is 4.13. The van der Waals surface area contributed by atoms with Crippen LogP contribution in [0.3, 0.4) is 0 Å². The van der Waals surface area contributed by atoms with Crippen LogP contribution >= 0.6 is 23.2 Å². The number of halogens is 2. The summed E-state index contributed by atoms with van der Waals surface area (Å²) in [4.78, 5) is 10.5. The van der Waals surface area contributed by atoms with Crippen LogP contribution in [0.4, 0.5) is 0 Å². The zero-order chi connectivity index (χ0) is 14.5. The van der Waals surface area contributed by atoms with Gasteiger partial charge in [-0.1, -0.05) is 47.5 Å². The second-order valence-electron chi connectivity index (χ2n) is 4.20. The summed E-state index contributed by atoms with van der Waals surface area (Å²) in [7, 11) is 0. The lowest BCUT2D eigenvalue weighted by Crippen LogP contribution is -2.02. The van der Waals surface area contributed by atoms with Crippen molar-refractivity contribution in [1.82, 2.24) is 0 Å². The fourth-order valence-electron chi connectivity index (χ4n) is 1.72. The van der Waals surface area contributed by atoms with Crippen LogP contribution < -0.4 is 4.74 Å². The topological polar surface area (TPSA) is 46.5 Å². The lowest BCUT2D eigenvalue weighted by atomic mass is 10.1. The smallest absolute Gasteiger partial charge is 0.156 e. The number of carbonyl (C=O) groups excluding carboxylic acids is 1. The molecule has 0 amide bonds. The Bertz CT molecular complexity index is 586. The van der Waals surface area contributed by atoms with Gasteiger partial charge < -0.3 is 9.84 Å². The molecule has 5 heteroatoms. The summed E-state index contributed by atoms with van der Waals surface area (Å²) in [6, 6.07) is 10.00. The first-order valence-electron chi connectivity index (χ1n) is 5.95. The summed E-state index contributed by atoms with van der Waals surface area (Å²) >= 11 is 11.9. The van der Waals surface area contributed by atoms with E-state index in [0.29, 0.717) is 24.3 Å². The number of hydrogen-bond donors (Lipinski definition) is 1. The van der Waals surface area contributed by atoms with Crippen LogP contribution in [0.1, 0.15) is 15.9 Å². The first-order chi connectivity index (χ1) is 9.60. The van der Waals surface area contributed by atoms with E-state index >= 15 is 0 Å². The maximum absolute atomic E-state index is 10.5. The van der Waals surface area contributed by atoms with Crippen molar-refractivity contribution in [2.24, 2.45) is 0 Å². The number of phenolic OH excluding ortho intramolecular Hbond substituents is 1. The zero-order valence-electron chi connectivity index (χ0n) is 10.5. The van der Waals surface area contributed by atoms with Crippen molar-refractivity contribution in [3.8, 4) is 11.5 Å². The molecule has 0 aliphatic carbocycles. The van der Waals surface area contributed by atoms with Crippen molar-refractivity contribution in [3.05, 3.63) is 57.6 Å². The zero-order valence-corrected chi connectivity index (χ0v) is 12.0. The molecule has 2 rings (SSSR count). The molecule has 0 atom stereocenters. The Hall–Kier alpha value is -1.71. The van der Waals surface area contributed by atoms with Crippen molar-refractivity contribution in [2.75, 3.05) is 6.61 Å². The summed E-state index contributed by atoms with van der Waals surface area (Å²) in [5, 5.41) is 9.86. The van der Waals surface area contributed by atoms with E-state index in [2.05, 4.69) is 0 Å². The highest BCUT2D eigenvalue weighted by molar-refractivity contribution is 6.37. The summed E-state index contributed by atoms with van der Waals surface area (Å²) in [6.45, 7) is 0.394. The fourth-order valence-corrected chi connectivity index (χ4v) is 2.30. The first kappa shape index (κ1) is 14.7. The van der Waals surface area contributed by atoms with E-state index in [0.717, 1.165) is 11.8 Å². The summed E-state index contributed by atoms with van der Waals surface area (Å²) in [5.41, 5.74) is 1.68. The third kappa shape index (κ3) is 3.65. The lowest BCUT2D eigenvalue weighted by molar-refractivity contribution is 0.112. The van der Waals surface area contributed by atoms with Crippen molar-refractivity contribution >= 4 is 29.5 Å². The van der Waals surface area contributed by atoms with Crippen LogP contribution in [0.25, 0.3) is 0 Å². The average Bonchev–Trinajstić information content (AvgIpc) is 2.42. The van der Waals surface area contributed by atoms with E-state index in [-0.39, 0.29) is 15.8 Å². The van der Waals surface area contributed by atoms with Crippen molar-refractivity contribution < 1.29 is 14.6 Å². The largest absolute Gasteiger partial charge is 0.508 e. The van der Waals surface area contributed by atoms with E-state index in [9.17, 15) is 9.90 Å². The molecule has 0 fully saturated rings. The number of hydrogen-bond acceptors (Lipinski definition) is 3. The van der Waals surface area contributed by atoms with Gasteiger partial charge in [0.2, 0.25) is 0 Å². The van der Waals surface area contributed by atoms with E-state index < -0.39 is 0 Å².